The van der Waals surface area contributed by atoms with E-state index in [1.165, 1.54) is 30.2 Å². The predicted octanol–water partition coefficient (Wildman–Crippen LogP) is 5.19. The molecule has 0 aliphatic carbocycles. The summed E-state index contributed by atoms with van der Waals surface area (Å²) < 4.78 is 10.8. The number of methoxy groups -OCH3 is 1. The van der Waals surface area contributed by atoms with E-state index in [-0.39, 0.29) is 36.2 Å². The second kappa shape index (κ2) is 14.7. The summed E-state index contributed by atoms with van der Waals surface area (Å²) in [6, 6.07) is 19.8. The van der Waals surface area contributed by atoms with Gasteiger partial charge in [0.05, 0.1) is 12.0 Å². The molecule has 0 bridgehead atoms. The highest BCUT2D eigenvalue weighted by Crippen LogP contribution is 2.31. The van der Waals surface area contributed by atoms with Gasteiger partial charge in [-0.25, -0.2) is 0 Å². The molecule has 0 unspecified atom stereocenters. The van der Waals surface area contributed by atoms with Gasteiger partial charge in [0, 0.05) is 36.7 Å². The Labute approximate surface area is 232 Å². The van der Waals surface area contributed by atoms with Gasteiger partial charge in [0.1, 0.15) is 11.8 Å². The minimum absolute atomic E-state index is 0.0141. The molecule has 0 aliphatic rings. The van der Waals surface area contributed by atoms with Crippen molar-refractivity contribution in [2.24, 2.45) is 0 Å². The molecule has 3 aromatic carbocycles. The Morgan fingerprint density at radius 2 is 1.77 bits per heavy atom. The number of hydrogen-bond acceptors (Lipinski definition) is 6. The molecule has 0 saturated heterocycles. The summed E-state index contributed by atoms with van der Waals surface area (Å²) in [5.74, 6) is -0.440. The number of carbonyl (C=O) groups excluding carboxylic acids is 2. The third kappa shape index (κ3) is 8.71. The van der Waals surface area contributed by atoms with Crippen LogP contribution in [-0.4, -0.2) is 47.9 Å². The Balaban J connectivity index is 1.89. The van der Waals surface area contributed by atoms with Crippen molar-refractivity contribution in [3.8, 4) is 11.5 Å². The van der Waals surface area contributed by atoms with Crippen molar-refractivity contribution in [3.05, 3.63) is 99.1 Å². The Kier molecular flexibility index (Phi) is 11.1. The van der Waals surface area contributed by atoms with Gasteiger partial charge in [-0.1, -0.05) is 67.4 Å². The third-order valence-corrected chi connectivity index (χ3v) is 6.33. The molecule has 10 heteroatoms. The Morgan fingerprint density at radius 3 is 2.41 bits per heavy atom. The molecule has 2 amide bonds. The van der Waals surface area contributed by atoms with E-state index >= 15 is 0 Å². The second-order valence-electron chi connectivity index (χ2n) is 8.88. The van der Waals surface area contributed by atoms with Crippen molar-refractivity contribution in [1.82, 2.24) is 10.2 Å². The molecule has 1 N–H and O–H groups in total. The lowest BCUT2D eigenvalue weighted by atomic mass is 10.0. The Morgan fingerprint density at radius 1 is 1.05 bits per heavy atom. The van der Waals surface area contributed by atoms with Crippen LogP contribution in [0, 0.1) is 10.1 Å². The van der Waals surface area contributed by atoms with Crippen LogP contribution in [0.1, 0.15) is 30.9 Å². The average molecular weight is 554 g/mol. The average Bonchev–Trinajstić information content (AvgIpc) is 2.94. The van der Waals surface area contributed by atoms with Gasteiger partial charge in [0.15, 0.2) is 6.61 Å². The van der Waals surface area contributed by atoms with Gasteiger partial charge in [-0.15, -0.1) is 0 Å². The van der Waals surface area contributed by atoms with Crippen molar-refractivity contribution in [3.63, 3.8) is 0 Å². The lowest BCUT2D eigenvalue weighted by molar-refractivity contribution is -0.385. The number of unbranched alkanes of at least 4 members (excludes halogenated alkanes) is 1. The van der Waals surface area contributed by atoms with Gasteiger partial charge in [0.2, 0.25) is 11.7 Å². The molecular formula is C29H32ClN3O6. The van der Waals surface area contributed by atoms with Crippen LogP contribution in [0.25, 0.3) is 0 Å². The lowest BCUT2D eigenvalue weighted by Gasteiger charge is -2.31. The fraction of sp³-hybridized carbons (Fsp3) is 0.310. The van der Waals surface area contributed by atoms with Gasteiger partial charge >= 0.3 is 5.69 Å². The molecule has 0 radical (unpaired) electrons. The van der Waals surface area contributed by atoms with Crippen LogP contribution in [-0.2, 0) is 22.6 Å². The van der Waals surface area contributed by atoms with E-state index in [0.29, 0.717) is 18.0 Å². The van der Waals surface area contributed by atoms with E-state index in [1.54, 1.807) is 24.3 Å². The first-order valence-electron chi connectivity index (χ1n) is 12.6. The van der Waals surface area contributed by atoms with E-state index in [0.717, 1.165) is 24.0 Å². The maximum absolute atomic E-state index is 13.6. The van der Waals surface area contributed by atoms with Gasteiger partial charge < -0.3 is 19.7 Å². The molecule has 3 aromatic rings. The van der Waals surface area contributed by atoms with E-state index < -0.39 is 16.9 Å². The molecule has 0 saturated carbocycles. The molecule has 3 rings (SSSR count). The van der Waals surface area contributed by atoms with Crippen molar-refractivity contribution < 1.29 is 24.0 Å². The molecule has 9 nitrogen and oxygen atoms in total. The topological polar surface area (TPSA) is 111 Å². The maximum atomic E-state index is 13.6. The molecule has 0 aromatic heterocycles. The van der Waals surface area contributed by atoms with Gasteiger partial charge in [0.25, 0.3) is 5.91 Å². The van der Waals surface area contributed by atoms with Crippen LogP contribution in [0.4, 0.5) is 5.69 Å². The lowest BCUT2D eigenvalue weighted by Crippen LogP contribution is -2.51. The quantitative estimate of drug-likeness (QED) is 0.167. The van der Waals surface area contributed by atoms with E-state index in [1.807, 2.05) is 37.3 Å². The maximum Gasteiger partial charge on any atom is 0.311 e. The van der Waals surface area contributed by atoms with E-state index in [4.69, 9.17) is 21.1 Å². The standard InChI is InChI=1S/C29H32ClN3O6/c1-3-4-16-31-29(35)26(17-21-8-6-5-7-9-21)32(19-22-10-12-23(30)13-11-22)28(34)20-39-24-14-15-25(33(36)37)27(18-24)38-2/h5-15,18,26H,3-4,16-17,19-20H2,1-2H3,(H,31,35)/t26-/m1/s1. The summed E-state index contributed by atoms with van der Waals surface area (Å²) in [5, 5.41) is 14.7. The minimum Gasteiger partial charge on any atom is -0.490 e. The highest BCUT2D eigenvalue weighted by molar-refractivity contribution is 6.30. The number of halogens is 1. The van der Waals surface area contributed by atoms with Gasteiger partial charge in [-0.2, -0.15) is 0 Å². The Hall–Kier alpha value is -4.11. The summed E-state index contributed by atoms with van der Waals surface area (Å²) in [5.41, 5.74) is 1.49. The third-order valence-electron chi connectivity index (χ3n) is 6.08. The number of carbonyl (C=O) groups is 2. The van der Waals surface area contributed by atoms with Gasteiger partial charge in [-0.3, -0.25) is 19.7 Å². The van der Waals surface area contributed by atoms with E-state index in [9.17, 15) is 19.7 Å². The number of rotatable bonds is 14. The SMILES string of the molecule is CCCCNC(=O)[C@@H](Cc1ccccc1)N(Cc1ccc(Cl)cc1)C(=O)COc1ccc([N+](=O)[O-])c(OC)c1. The van der Waals surface area contributed by atoms with Crippen molar-refractivity contribution in [2.45, 2.75) is 38.8 Å². The summed E-state index contributed by atoms with van der Waals surface area (Å²) in [6.07, 6.45) is 2.05. The van der Waals surface area contributed by atoms with Crippen LogP contribution >= 0.6 is 11.6 Å². The fourth-order valence-corrected chi connectivity index (χ4v) is 4.10. The predicted molar refractivity (Wildman–Crippen MR) is 149 cm³/mol. The van der Waals surface area contributed by atoms with Crippen molar-refractivity contribution in [1.29, 1.82) is 0 Å². The first-order chi connectivity index (χ1) is 18.8. The summed E-state index contributed by atoms with van der Waals surface area (Å²) in [7, 11) is 1.32. The summed E-state index contributed by atoms with van der Waals surface area (Å²) >= 11 is 6.06. The number of benzene rings is 3. The zero-order valence-corrected chi connectivity index (χ0v) is 22.7. The van der Waals surface area contributed by atoms with Crippen molar-refractivity contribution >= 4 is 29.1 Å². The molecule has 39 heavy (non-hydrogen) atoms. The van der Waals surface area contributed by atoms with Gasteiger partial charge in [-0.05, 0) is 35.7 Å². The van der Waals surface area contributed by atoms with E-state index in [2.05, 4.69) is 5.32 Å². The second-order valence-corrected chi connectivity index (χ2v) is 9.31. The highest BCUT2D eigenvalue weighted by Gasteiger charge is 2.30. The number of hydrogen-bond donors (Lipinski definition) is 1. The fourth-order valence-electron chi connectivity index (χ4n) is 3.97. The number of ether oxygens (including phenoxy) is 2. The number of nitro groups is 1. The first-order valence-corrected chi connectivity index (χ1v) is 13.0. The van der Waals surface area contributed by atoms with Crippen LogP contribution < -0.4 is 14.8 Å². The van der Waals surface area contributed by atoms with Crippen LogP contribution in [0.15, 0.2) is 72.8 Å². The highest BCUT2D eigenvalue weighted by atomic mass is 35.5. The smallest absolute Gasteiger partial charge is 0.311 e. The zero-order chi connectivity index (χ0) is 28.2. The number of nitrogens with one attached hydrogen (secondary N) is 1. The number of nitrogens with zero attached hydrogens (tertiary/aromatic N) is 2. The largest absolute Gasteiger partial charge is 0.490 e. The molecule has 0 heterocycles. The summed E-state index contributed by atoms with van der Waals surface area (Å²) in [6.45, 7) is 2.31. The van der Waals surface area contributed by atoms with Crippen LogP contribution in [0.2, 0.25) is 5.02 Å². The zero-order valence-electron chi connectivity index (χ0n) is 22.0. The van der Waals surface area contributed by atoms with Crippen LogP contribution in [0.3, 0.4) is 0 Å². The first kappa shape index (κ1) is 29.4. The molecular weight excluding hydrogens is 522 g/mol. The normalized spacial score (nSPS) is 11.4. The molecule has 0 aliphatic heterocycles. The number of nitro benzene ring substituents is 1. The monoisotopic (exact) mass is 553 g/mol. The molecule has 1 atom stereocenters. The number of amides is 2. The van der Waals surface area contributed by atoms with Crippen LogP contribution in [0.5, 0.6) is 11.5 Å². The molecule has 206 valence electrons. The van der Waals surface area contributed by atoms with Crippen molar-refractivity contribution in [2.75, 3.05) is 20.3 Å². The summed E-state index contributed by atoms with van der Waals surface area (Å²) in [4.78, 5) is 39.2. The molecule has 0 spiro atoms. The minimum atomic E-state index is -0.803. The molecule has 0 fully saturated rings. The Bertz CT molecular complexity index is 1250.